The fourth-order valence-electron chi connectivity index (χ4n) is 3.46. The molecule has 9 nitrogen and oxygen atoms in total. The molecule has 2 N–H and O–H groups in total. The molecule has 2 aromatic heterocycles. The summed E-state index contributed by atoms with van der Waals surface area (Å²) in [5.41, 5.74) is 2.23. The zero-order chi connectivity index (χ0) is 24.1. The number of nitrogens with zero attached hydrogens (tertiary/aromatic N) is 3. The third-order valence-corrected chi connectivity index (χ3v) is 5.23. The molecule has 1 fully saturated rings. The van der Waals surface area contributed by atoms with E-state index < -0.39 is 18.0 Å². The Labute approximate surface area is 195 Å². The van der Waals surface area contributed by atoms with Crippen LogP contribution in [0.5, 0.6) is 0 Å². The largest absolute Gasteiger partial charge is 0.442 e. The van der Waals surface area contributed by atoms with Crippen molar-refractivity contribution in [2.75, 3.05) is 18.0 Å². The van der Waals surface area contributed by atoms with Gasteiger partial charge < -0.3 is 15.4 Å². The number of aromatic nitrogens is 2. The molecule has 1 saturated heterocycles. The van der Waals surface area contributed by atoms with Crippen molar-refractivity contribution in [2.45, 2.75) is 19.6 Å². The molecule has 0 saturated carbocycles. The highest BCUT2D eigenvalue weighted by Crippen LogP contribution is 2.29. The van der Waals surface area contributed by atoms with Crippen molar-refractivity contribution < 1.29 is 23.5 Å². The van der Waals surface area contributed by atoms with Gasteiger partial charge in [-0.25, -0.2) is 9.18 Å². The number of ether oxygens (including phenoxy) is 1. The molecule has 174 valence electrons. The van der Waals surface area contributed by atoms with Crippen LogP contribution in [0, 0.1) is 5.82 Å². The standard InChI is InChI=1S/C24H22FN5O4/c1-15(31)27-13-19-14-30(24(33)34-19)18-3-4-20(21(25)10-18)17-2-5-22(28-12-17)23(32)29-11-16-6-8-26-9-7-16/h2-10,12,19H,11,13-14H2,1H3,(H,27,31)(H,29,32)/t19-/m0/s1. The Kier molecular flexibility index (Phi) is 6.77. The maximum absolute atomic E-state index is 14.9. The molecule has 1 aromatic carbocycles. The second-order valence-electron chi connectivity index (χ2n) is 7.69. The predicted octanol–water partition coefficient (Wildman–Crippen LogP) is 2.67. The third-order valence-electron chi connectivity index (χ3n) is 5.23. The molecule has 3 amide bonds. The van der Waals surface area contributed by atoms with Gasteiger partial charge >= 0.3 is 6.09 Å². The highest BCUT2D eigenvalue weighted by atomic mass is 19.1. The van der Waals surface area contributed by atoms with Crippen molar-refractivity contribution in [3.05, 3.63) is 78.1 Å². The number of carbonyl (C=O) groups is 3. The summed E-state index contributed by atoms with van der Waals surface area (Å²) >= 11 is 0. The Hall–Kier alpha value is -4.34. The van der Waals surface area contributed by atoms with Gasteiger partial charge in [0.1, 0.15) is 17.6 Å². The summed E-state index contributed by atoms with van der Waals surface area (Å²) in [5.74, 6) is -1.12. The van der Waals surface area contributed by atoms with Gasteiger partial charge in [-0.2, -0.15) is 0 Å². The number of hydrogen-bond donors (Lipinski definition) is 2. The normalized spacial score (nSPS) is 15.1. The second-order valence-corrected chi connectivity index (χ2v) is 7.69. The predicted molar refractivity (Wildman–Crippen MR) is 121 cm³/mol. The van der Waals surface area contributed by atoms with E-state index in [9.17, 15) is 18.8 Å². The average molecular weight is 463 g/mol. The van der Waals surface area contributed by atoms with Crippen LogP contribution >= 0.6 is 0 Å². The summed E-state index contributed by atoms with van der Waals surface area (Å²) in [5, 5.41) is 5.37. The number of pyridine rings is 2. The van der Waals surface area contributed by atoms with E-state index in [4.69, 9.17) is 4.74 Å². The molecule has 4 rings (SSSR count). The highest BCUT2D eigenvalue weighted by Gasteiger charge is 2.32. The van der Waals surface area contributed by atoms with Crippen LogP contribution in [0.2, 0.25) is 0 Å². The minimum atomic E-state index is -0.605. The number of halogens is 1. The first kappa shape index (κ1) is 22.8. The minimum absolute atomic E-state index is 0.187. The van der Waals surface area contributed by atoms with Crippen molar-refractivity contribution in [1.82, 2.24) is 20.6 Å². The minimum Gasteiger partial charge on any atom is -0.442 e. The van der Waals surface area contributed by atoms with Crippen LogP contribution in [0.15, 0.2) is 61.1 Å². The molecule has 0 bridgehead atoms. The average Bonchev–Trinajstić information content (AvgIpc) is 3.22. The first-order valence-electron chi connectivity index (χ1n) is 10.6. The van der Waals surface area contributed by atoms with Crippen molar-refractivity contribution in [3.63, 3.8) is 0 Å². The molecule has 34 heavy (non-hydrogen) atoms. The molecule has 1 aliphatic heterocycles. The lowest BCUT2D eigenvalue weighted by Gasteiger charge is -2.14. The van der Waals surface area contributed by atoms with Crippen LogP contribution in [0.25, 0.3) is 11.1 Å². The molecule has 0 aliphatic carbocycles. The van der Waals surface area contributed by atoms with E-state index in [2.05, 4.69) is 20.6 Å². The number of amides is 3. The maximum atomic E-state index is 14.9. The molecule has 1 atom stereocenters. The Morgan fingerprint density at radius 3 is 2.62 bits per heavy atom. The summed E-state index contributed by atoms with van der Waals surface area (Å²) in [6.07, 6.45) is 3.59. The molecule has 0 unspecified atom stereocenters. The van der Waals surface area contributed by atoms with Crippen molar-refractivity contribution in [1.29, 1.82) is 0 Å². The van der Waals surface area contributed by atoms with Gasteiger partial charge in [-0.05, 0) is 42.0 Å². The Balaban J connectivity index is 1.41. The monoisotopic (exact) mass is 463 g/mol. The topological polar surface area (TPSA) is 114 Å². The zero-order valence-electron chi connectivity index (χ0n) is 18.3. The van der Waals surface area contributed by atoms with E-state index >= 15 is 0 Å². The summed E-state index contributed by atoms with van der Waals surface area (Å²) in [4.78, 5) is 44.9. The van der Waals surface area contributed by atoms with Crippen LogP contribution in [0.4, 0.5) is 14.9 Å². The van der Waals surface area contributed by atoms with Gasteiger partial charge in [-0.15, -0.1) is 0 Å². The molecular formula is C24H22FN5O4. The fraction of sp³-hybridized carbons (Fsp3) is 0.208. The van der Waals surface area contributed by atoms with E-state index in [-0.39, 0.29) is 36.2 Å². The van der Waals surface area contributed by atoms with Gasteiger partial charge in [0.25, 0.3) is 5.91 Å². The number of anilines is 1. The lowest BCUT2D eigenvalue weighted by molar-refractivity contribution is -0.119. The number of cyclic esters (lactones) is 1. The number of nitrogens with one attached hydrogen (secondary N) is 2. The second kappa shape index (κ2) is 10.1. The van der Waals surface area contributed by atoms with Gasteiger partial charge in [0, 0.05) is 43.2 Å². The zero-order valence-corrected chi connectivity index (χ0v) is 18.3. The van der Waals surface area contributed by atoms with E-state index in [1.807, 2.05) is 0 Å². The first-order valence-corrected chi connectivity index (χ1v) is 10.6. The SMILES string of the molecule is CC(=O)NC[C@H]1CN(c2ccc(-c3ccc(C(=O)NCc4ccncc4)nc3)c(F)c2)C(=O)O1. The van der Waals surface area contributed by atoms with Crippen LogP contribution in [0.3, 0.4) is 0 Å². The Morgan fingerprint density at radius 2 is 1.94 bits per heavy atom. The van der Waals surface area contributed by atoms with Gasteiger partial charge in [-0.1, -0.05) is 6.07 Å². The number of benzene rings is 1. The summed E-state index contributed by atoms with van der Waals surface area (Å²) in [6, 6.07) is 11.1. The van der Waals surface area contributed by atoms with Crippen LogP contribution in [0.1, 0.15) is 23.0 Å². The summed E-state index contributed by atoms with van der Waals surface area (Å²) in [6.45, 7) is 2.10. The Bertz CT molecular complexity index is 1200. The summed E-state index contributed by atoms with van der Waals surface area (Å²) in [7, 11) is 0. The van der Waals surface area contributed by atoms with Gasteiger partial charge in [0.05, 0.1) is 18.8 Å². The Morgan fingerprint density at radius 1 is 1.15 bits per heavy atom. The highest BCUT2D eigenvalue weighted by molar-refractivity contribution is 5.93. The molecule has 3 heterocycles. The van der Waals surface area contributed by atoms with E-state index in [1.165, 1.54) is 30.2 Å². The first-order chi connectivity index (χ1) is 16.4. The van der Waals surface area contributed by atoms with Crippen LogP contribution in [-0.4, -0.2) is 47.1 Å². The van der Waals surface area contributed by atoms with E-state index in [0.29, 0.717) is 17.8 Å². The third kappa shape index (κ3) is 5.34. The van der Waals surface area contributed by atoms with Crippen LogP contribution in [-0.2, 0) is 16.1 Å². The maximum Gasteiger partial charge on any atom is 0.414 e. The summed E-state index contributed by atoms with van der Waals surface area (Å²) < 4.78 is 20.1. The number of carbonyl (C=O) groups excluding carboxylic acids is 3. The van der Waals surface area contributed by atoms with Crippen molar-refractivity contribution in [2.24, 2.45) is 0 Å². The number of rotatable bonds is 7. The van der Waals surface area contributed by atoms with Gasteiger partial charge in [-0.3, -0.25) is 24.5 Å². The number of hydrogen-bond acceptors (Lipinski definition) is 6. The van der Waals surface area contributed by atoms with Crippen LogP contribution < -0.4 is 15.5 Å². The van der Waals surface area contributed by atoms with Crippen molar-refractivity contribution >= 4 is 23.6 Å². The van der Waals surface area contributed by atoms with Crippen molar-refractivity contribution in [3.8, 4) is 11.1 Å². The fourth-order valence-corrected chi connectivity index (χ4v) is 3.46. The van der Waals surface area contributed by atoms with E-state index in [0.717, 1.165) is 5.56 Å². The quantitative estimate of drug-likeness (QED) is 0.557. The van der Waals surface area contributed by atoms with Gasteiger partial charge in [0.15, 0.2) is 0 Å². The molecule has 3 aromatic rings. The molecule has 1 aliphatic rings. The van der Waals surface area contributed by atoms with E-state index in [1.54, 1.807) is 42.7 Å². The lowest BCUT2D eigenvalue weighted by Crippen LogP contribution is -2.33. The lowest BCUT2D eigenvalue weighted by atomic mass is 10.1. The molecule has 10 heteroatoms. The smallest absolute Gasteiger partial charge is 0.414 e. The molecular weight excluding hydrogens is 441 g/mol. The molecule has 0 spiro atoms. The molecule has 0 radical (unpaired) electrons. The van der Waals surface area contributed by atoms with Gasteiger partial charge in [0.2, 0.25) is 5.91 Å².